The largest absolute Gasteiger partial charge is 0.465 e. The number of carbonyl (C=O) groups excluding carboxylic acids is 2. The van der Waals surface area contributed by atoms with Crippen LogP contribution in [0.25, 0.3) is 11.3 Å². The summed E-state index contributed by atoms with van der Waals surface area (Å²) in [6.07, 6.45) is 1.48. The number of methoxy groups -OCH3 is 1. The van der Waals surface area contributed by atoms with Crippen molar-refractivity contribution in [3.05, 3.63) is 48.2 Å². The lowest BCUT2D eigenvalue weighted by atomic mass is 10.1. The van der Waals surface area contributed by atoms with Crippen molar-refractivity contribution in [3.8, 4) is 17.0 Å². The first-order valence-electron chi connectivity index (χ1n) is 5.93. The predicted molar refractivity (Wildman–Crippen MR) is 72.3 cm³/mol. The molecule has 5 heteroatoms. The minimum absolute atomic E-state index is 0.380. The van der Waals surface area contributed by atoms with Crippen LogP contribution in [0.2, 0.25) is 0 Å². The fraction of sp³-hybridized carbons (Fsp3) is 0.133. The number of esters is 2. The molecule has 0 unspecified atom stereocenters. The molecule has 0 saturated carbocycles. The van der Waals surface area contributed by atoms with Crippen LogP contribution in [-0.2, 0) is 9.53 Å². The average Bonchev–Trinajstić information content (AvgIpc) is 2.47. The number of nitrogens with zero attached hydrogens (tertiary/aromatic N) is 1. The lowest BCUT2D eigenvalue weighted by Gasteiger charge is -2.04. The Kier molecular flexibility index (Phi) is 4.10. The molecule has 1 heterocycles. The number of benzene rings is 1. The van der Waals surface area contributed by atoms with E-state index in [2.05, 4.69) is 9.72 Å². The third-order valence-corrected chi connectivity index (χ3v) is 2.60. The summed E-state index contributed by atoms with van der Waals surface area (Å²) in [6.45, 7) is 1.33. The number of hydrogen-bond acceptors (Lipinski definition) is 5. The van der Waals surface area contributed by atoms with Crippen molar-refractivity contribution >= 4 is 11.9 Å². The first-order chi connectivity index (χ1) is 9.60. The van der Waals surface area contributed by atoms with Gasteiger partial charge in [-0.1, -0.05) is 12.1 Å². The van der Waals surface area contributed by atoms with E-state index < -0.39 is 0 Å². The second-order valence-electron chi connectivity index (χ2n) is 4.04. The zero-order valence-corrected chi connectivity index (χ0v) is 11.1. The van der Waals surface area contributed by atoms with Crippen LogP contribution in [-0.4, -0.2) is 24.0 Å². The fourth-order valence-electron chi connectivity index (χ4n) is 1.67. The van der Waals surface area contributed by atoms with Crippen LogP contribution in [0.5, 0.6) is 5.75 Å². The SMILES string of the molecule is COC(=O)c1ccc(-c2ccc(OC(C)=O)cn2)cc1. The Morgan fingerprint density at radius 2 is 1.75 bits per heavy atom. The predicted octanol–water partition coefficient (Wildman–Crippen LogP) is 2.46. The van der Waals surface area contributed by atoms with Gasteiger partial charge in [-0.05, 0) is 24.3 Å². The van der Waals surface area contributed by atoms with E-state index in [4.69, 9.17) is 4.74 Å². The number of aromatic nitrogens is 1. The van der Waals surface area contributed by atoms with Gasteiger partial charge in [0.1, 0.15) is 5.75 Å². The summed E-state index contributed by atoms with van der Waals surface area (Å²) in [5.41, 5.74) is 2.05. The molecule has 0 aliphatic carbocycles. The number of rotatable bonds is 3. The molecule has 0 saturated heterocycles. The number of pyridine rings is 1. The third-order valence-electron chi connectivity index (χ3n) is 2.60. The van der Waals surface area contributed by atoms with E-state index >= 15 is 0 Å². The maximum atomic E-state index is 11.3. The van der Waals surface area contributed by atoms with Gasteiger partial charge in [-0.2, -0.15) is 0 Å². The average molecular weight is 271 g/mol. The molecule has 102 valence electrons. The first kappa shape index (κ1) is 13.7. The molecule has 0 fully saturated rings. The molecule has 20 heavy (non-hydrogen) atoms. The van der Waals surface area contributed by atoms with Crippen molar-refractivity contribution in [2.45, 2.75) is 6.92 Å². The highest BCUT2D eigenvalue weighted by Gasteiger charge is 2.06. The molecule has 0 atom stereocenters. The van der Waals surface area contributed by atoms with Crippen LogP contribution < -0.4 is 4.74 Å². The Labute approximate surface area is 116 Å². The summed E-state index contributed by atoms with van der Waals surface area (Å²) in [6, 6.07) is 10.3. The molecule has 1 aromatic carbocycles. The van der Waals surface area contributed by atoms with Crippen LogP contribution in [0.15, 0.2) is 42.6 Å². The second kappa shape index (κ2) is 5.97. The standard InChI is InChI=1S/C15H13NO4/c1-10(17)20-13-7-8-14(16-9-13)11-3-5-12(6-4-11)15(18)19-2/h3-9H,1-2H3. The van der Waals surface area contributed by atoms with E-state index in [0.717, 1.165) is 11.3 Å². The second-order valence-corrected chi connectivity index (χ2v) is 4.04. The molecule has 0 bridgehead atoms. The summed E-state index contributed by atoms with van der Waals surface area (Å²) < 4.78 is 9.54. The van der Waals surface area contributed by atoms with E-state index in [1.165, 1.54) is 20.2 Å². The van der Waals surface area contributed by atoms with Gasteiger partial charge in [-0.15, -0.1) is 0 Å². The Morgan fingerprint density at radius 1 is 1.05 bits per heavy atom. The molecule has 2 aromatic rings. The van der Waals surface area contributed by atoms with Crippen LogP contribution in [0.3, 0.4) is 0 Å². The van der Waals surface area contributed by atoms with E-state index in [0.29, 0.717) is 11.3 Å². The van der Waals surface area contributed by atoms with E-state index in [1.54, 1.807) is 36.4 Å². The van der Waals surface area contributed by atoms with Gasteiger partial charge >= 0.3 is 11.9 Å². The molecular weight excluding hydrogens is 258 g/mol. The fourth-order valence-corrected chi connectivity index (χ4v) is 1.67. The van der Waals surface area contributed by atoms with Gasteiger partial charge in [0.15, 0.2) is 0 Å². The maximum Gasteiger partial charge on any atom is 0.337 e. The lowest BCUT2D eigenvalue weighted by molar-refractivity contribution is -0.131. The third kappa shape index (κ3) is 3.20. The van der Waals surface area contributed by atoms with Gasteiger partial charge in [0, 0.05) is 12.5 Å². The smallest absolute Gasteiger partial charge is 0.337 e. The highest BCUT2D eigenvalue weighted by atomic mass is 16.5. The van der Waals surface area contributed by atoms with Gasteiger partial charge in [-0.3, -0.25) is 9.78 Å². The Hall–Kier alpha value is -2.69. The van der Waals surface area contributed by atoms with Gasteiger partial charge < -0.3 is 9.47 Å². The molecule has 0 radical (unpaired) electrons. The molecule has 0 aliphatic heterocycles. The highest BCUT2D eigenvalue weighted by molar-refractivity contribution is 5.89. The van der Waals surface area contributed by atoms with E-state index in [9.17, 15) is 9.59 Å². The zero-order valence-electron chi connectivity index (χ0n) is 11.1. The van der Waals surface area contributed by atoms with Crippen LogP contribution in [0, 0.1) is 0 Å². The Morgan fingerprint density at radius 3 is 2.25 bits per heavy atom. The summed E-state index contributed by atoms with van der Waals surface area (Å²) in [5.74, 6) is -0.371. The molecule has 2 rings (SSSR count). The monoisotopic (exact) mass is 271 g/mol. The summed E-state index contributed by atoms with van der Waals surface area (Å²) in [4.78, 5) is 26.3. The van der Waals surface area contributed by atoms with Gasteiger partial charge in [0.2, 0.25) is 0 Å². The Bertz CT molecular complexity index is 617. The lowest BCUT2D eigenvalue weighted by Crippen LogP contribution is -2.02. The summed E-state index contributed by atoms with van der Waals surface area (Å²) in [7, 11) is 1.34. The van der Waals surface area contributed by atoms with Crippen LogP contribution in [0.1, 0.15) is 17.3 Å². The van der Waals surface area contributed by atoms with Gasteiger partial charge in [0.25, 0.3) is 0 Å². The minimum atomic E-state index is -0.387. The number of ether oxygens (including phenoxy) is 2. The first-order valence-corrected chi connectivity index (χ1v) is 5.93. The topological polar surface area (TPSA) is 65.5 Å². The van der Waals surface area contributed by atoms with Crippen molar-refractivity contribution in [1.29, 1.82) is 0 Å². The van der Waals surface area contributed by atoms with Crippen LogP contribution in [0.4, 0.5) is 0 Å². The van der Waals surface area contributed by atoms with Crippen molar-refractivity contribution in [3.63, 3.8) is 0 Å². The summed E-state index contributed by atoms with van der Waals surface area (Å²) in [5, 5.41) is 0. The quantitative estimate of drug-likeness (QED) is 0.802. The van der Waals surface area contributed by atoms with Crippen molar-refractivity contribution in [2.24, 2.45) is 0 Å². The van der Waals surface area contributed by atoms with Crippen molar-refractivity contribution in [1.82, 2.24) is 4.98 Å². The maximum absolute atomic E-state index is 11.3. The molecule has 0 amide bonds. The molecule has 5 nitrogen and oxygen atoms in total. The van der Waals surface area contributed by atoms with Crippen molar-refractivity contribution < 1.29 is 19.1 Å². The molecule has 0 spiro atoms. The van der Waals surface area contributed by atoms with Crippen molar-refractivity contribution in [2.75, 3.05) is 7.11 Å². The van der Waals surface area contributed by atoms with E-state index in [-0.39, 0.29) is 11.9 Å². The Balaban J connectivity index is 2.19. The molecule has 1 aromatic heterocycles. The normalized spacial score (nSPS) is 9.90. The number of hydrogen-bond donors (Lipinski definition) is 0. The van der Waals surface area contributed by atoms with E-state index in [1.807, 2.05) is 0 Å². The minimum Gasteiger partial charge on any atom is -0.465 e. The van der Waals surface area contributed by atoms with Gasteiger partial charge in [-0.25, -0.2) is 4.79 Å². The summed E-state index contributed by atoms with van der Waals surface area (Å²) >= 11 is 0. The zero-order chi connectivity index (χ0) is 14.5. The molecule has 0 N–H and O–H groups in total. The molecule has 0 aliphatic rings. The number of carbonyl (C=O) groups is 2. The highest BCUT2D eigenvalue weighted by Crippen LogP contribution is 2.20. The molecular formula is C15H13NO4. The van der Waals surface area contributed by atoms with Gasteiger partial charge in [0.05, 0.1) is 24.6 Å². The van der Waals surface area contributed by atoms with Crippen LogP contribution >= 0.6 is 0 Å².